The molecule has 102 valence electrons. The third-order valence-electron chi connectivity index (χ3n) is 3.02. The molecule has 0 aromatic rings. The van der Waals surface area contributed by atoms with E-state index in [4.69, 9.17) is 5.11 Å². The minimum atomic E-state index is -1.10. The van der Waals surface area contributed by atoms with Crippen LogP contribution in [-0.4, -0.2) is 46.9 Å². The number of amides is 2. The first-order valence-electron chi connectivity index (χ1n) is 6.20. The molecule has 0 unspecified atom stereocenters. The molecule has 0 aromatic carbocycles. The number of carbonyl (C=O) groups excluding carboxylic acids is 2. The molecule has 0 spiro atoms. The van der Waals surface area contributed by atoms with Crippen LogP contribution in [0.1, 0.15) is 33.1 Å². The largest absolute Gasteiger partial charge is 0.481 e. The second-order valence-electron chi connectivity index (χ2n) is 4.89. The average molecular weight is 256 g/mol. The first-order chi connectivity index (χ1) is 8.40. The van der Waals surface area contributed by atoms with Crippen molar-refractivity contribution in [2.75, 3.05) is 13.1 Å². The fourth-order valence-corrected chi connectivity index (χ4v) is 1.88. The van der Waals surface area contributed by atoms with E-state index in [0.29, 0.717) is 25.9 Å². The highest BCUT2D eigenvalue weighted by Gasteiger charge is 2.25. The van der Waals surface area contributed by atoms with E-state index >= 15 is 0 Å². The van der Waals surface area contributed by atoms with E-state index < -0.39 is 12.4 Å². The van der Waals surface area contributed by atoms with Crippen LogP contribution in [0.3, 0.4) is 0 Å². The minimum absolute atomic E-state index is 0.0188. The van der Waals surface area contributed by atoms with Crippen LogP contribution in [0, 0.1) is 5.92 Å². The Balaban J connectivity index is 2.34. The van der Waals surface area contributed by atoms with E-state index in [0.717, 1.165) is 0 Å². The van der Waals surface area contributed by atoms with Gasteiger partial charge < -0.3 is 15.3 Å². The molecule has 1 saturated heterocycles. The second-order valence-corrected chi connectivity index (χ2v) is 4.89. The number of carbonyl (C=O) groups is 3. The molecule has 1 aliphatic heterocycles. The van der Waals surface area contributed by atoms with Gasteiger partial charge in [0.15, 0.2) is 0 Å². The van der Waals surface area contributed by atoms with E-state index in [1.165, 1.54) is 0 Å². The van der Waals surface area contributed by atoms with Crippen LogP contribution in [0.25, 0.3) is 0 Å². The maximum atomic E-state index is 11.5. The lowest BCUT2D eigenvalue weighted by molar-refractivity contribution is -0.144. The zero-order valence-electron chi connectivity index (χ0n) is 10.8. The lowest BCUT2D eigenvalue weighted by atomic mass is 10.0. The summed E-state index contributed by atoms with van der Waals surface area (Å²) in [5, 5.41) is 11.5. The Kier molecular flexibility index (Phi) is 5.12. The Hall–Kier alpha value is -1.59. The van der Waals surface area contributed by atoms with Crippen molar-refractivity contribution in [3.8, 4) is 0 Å². The maximum absolute atomic E-state index is 11.5. The van der Waals surface area contributed by atoms with Gasteiger partial charge in [-0.15, -0.1) is 0 Å². The summed E-state index contributed by atoms with van der Waals surface area (Å²) in [5.41, 5.74) is 0. The third-order valence-corrected chi connectivity index (χ3v) is 3.02. The van der Waals surface area contributed by atoms with E-state index in [1.807, 2.05) is 13.8 Å². The molecule has 18 heavy (non-hydrogen) atoms. The lowest BCUT2D eigenvalue weighted by Crippen LogP contribution is -2.47. The molecule has 1 aliphatic rings. The number of carboxylic acid groups (broad SMARTS) is 1. The molecule has 1 fully saturated rings. The molecule has 2 N–H and O–H groups in total. The smallest absolute Gasteiger partial charge is 0.312 e. The number of piperidine rings is 1. The quantitative estimate of drug-likeness (QED) is 0.705. The summed E-state index contributed by atoms with van der Waals surface area (Å²) in [6, 6.07) is 0.0915. The van der Waals surface area contributed by atoms with Gasteiger partial charge in [-0.25, -0.2) is 0 Å². The number of nitrogens with one attached hydrogen (secondary N) is 1. The Morgan fingerprint density at radius 2 is 1.83 bits per heavy atom. The van der Waals surface area contributed by atoms with Crippen molar-refractivity contribution < 1.29 is 19.5 Å². The number of rotatable bonds is 4. The van der Waals surface area contributed by atoms with Crippen LogP contribution >= 0.6 is 0 Å². The van der Waals surface area contributed by atoms with Gasteiger partial charge in [-0.1, -0.05) is 13.8 Å². The zero-order valence-corrected chi connectivity index (χ0v) is 10.8. The predicted molar refractivity (Wildman–Crippen MR) is 64.8 cm³/mol. The van der Waals surface area contributed by atoms with Crippen molar-refractivity contribution in [3.63, 3.8) is 0 Å². The van der Waals surface area contributed by atoms with Crippen molar-refractivity contribution >= 4 is 17.8 Å². The topological polar surface area (TPSA) is 86.7 Å². The van der Waals surface area contributed by atoms with Gasteiger partial charge in [0.05, 0.1) is 0 Å². The first-order valence-corrected chi connectivity index (χ1v) is 6.20. The number of aliphatic carboxylic acids is 1. The van der Waals surface area contributed by atoms with Crippen LogP contribution < -0.4 is 5.32 Å². The molecule has 6 nitrogen and oxygen atoms in total. The third kappa shape index (κ3) is 4.35. The van der Waals surface area contributed by atoms with E-state index in [9.17, 15) is 14.4 Å². The summed E-state index contributed by atoms with van der Waals surface area (Å²) in [6.07, 6.45) is 0.913. The molecule has 0 aliphatic carbocycles. The standard InChI is InChI=1S/C12H20N2O4/c1-8(2)12(18)13-9-3-5-14(6-4-9)10(15)7-11(16)17/h8-9H,3-7H2,1-2H3,(H,13,18)(H,16,17). The lowest BCUT2D eigenvalue weighted by Gasteiger charge is -2.32. The molecular weight excluding hydrogens is 236 g/mol. The van der Waals surface area contributed by atoms with Gasteiger partial charge in [0.1, 0.15) is 6.42 Å². The molecule has 1 heterocycles. The average Bonchev–Trinajstić information content (AvgIpc) is 2.28. The Morgan fingerprint density at radius 1 is 1.28 bits per heavy atom. The van der Waals surface area contributed by atoms with Gasteiger partial charge in [-0.3, -0.25) is 14.4 Å². The van der Waals surface area contributed by atoms with Gasteiger partial charge in [-0.2, -0.15) is 0 Å². The summed E-state index contributed by atoms with van der Waals surface area (Å²) in [6.45, 7) is 4.69. The number of nitrogens with zero attached hydrogens (tertiary/aromatic N) is 1. The summed E-state index contributed by atoms with van der Waals surface area (Å²) >= 11 is 0. The molecule has 1 rings (SSSR count). The fourth-order valence-electron chi connectivity index (χ4n) is 1.88. The molecule has 0 aromatic heterocycles. The molecular formula is C12H20N2O4. The predicted octanol–water partition coefficient (Wildman–Crippen LogP) is 0.224. The van der Waals surface area contributed by atoms with E-state index in [2.05, 4.69) is 5.32 Å². The molecule has 2 amide bonds. The Morgan fingerprint density at radius 3 is 2.28 bits per heavy atom. The van der Waals surface area contributed by atoms with E-state index in [1.54, 1.807) is 4.90 Å². The molecule has 6 heteroatoms. The first kappa shape index (κ1) is 14.5. The number of hydrogen-bond acceptors (Lipinski definition) is 3. The van der Waals surface area contributed by atoms with Crippen molar-refractivity contribution in [1.82, 2.24) is 10.2 Å². The number of carboxylic acids is 1. The van der Waals surface area contributed by atoms with Gasteiger partial charge in [0.2, 0.25) is 11.8 Å². The summed E-state index contributed by atoms with van der Waals surface area (Å²) < 4.78 is 0. The highest BCUT2D eigenvalue weighted by atomic mass is 16.4. The molecule has 0 atom stereocenters. The highest BCUT2D eigenvalue weighted by molar-refractivity contribution is 5.93. The molecule has 0 saturated carbocycles. The van der Waals surface area contributed by atoms with Crippen LogP contribution in [0.15, 0.2) is 0 Å². The normalized spacial score (nSPS) is 16.7. The Bertz CT molecular complexity index is 333. The number of hydrogen-bond donors (Lipinski definition) is 2. The van der Waals surface area contributed by atoms with Crippen LogP contribution in [0.4, 0.5) is 0 Å². The molecule has 0 radical (unpaired) electrons. The number of likely N-dealkylation sites (tertiary alicyclic amines) is 1. The summed E-state index contributed by atoms with van der Waals surface area (Å²) in [7, 11) is 0. The molecule has 0 bridgehead atoms. The van der Waals surface area contributed by atoms with Crippen LogP contribution in [-0.2, 0) is 14.4 Å². The monoisotopic (exact) mass is 256 g/mol. The van der Waals surface area contributed by atoms with Gasteiger partial charge in [0.25, 0.3) is 0 Å². The van der Waals surface area contributed by atoms with Crippen molar-refractivity contribution in [3.05, 3.63) is 0 Å². The summed E-state index contributed by atoms with van der Waals surface area (Å²) in [4.78, 5) is 35.0. The SMILES string of the molecule is CC(C)C(=O)NC1CCN(C(=O)CC(=O)O)CC1. The second kappa shape index (κ2) is 6.37. The fraction of sp³-hybridized carbons (Fsp3) is 0.750. The van der Waals surface area contributed by atoms with Gasteiger partial charge >= 0.3 is 5.97 Å². The van der Waals surface area contributed by atoms with Crippen LogP contribution in [0.2, 0.25) is 0 Å². The van der Waals surface area contributed by atoms with Crippen LogP contribution in [0.5, 0.6) is 0 Å². The minimum Gasteiger partial charge on any atom is -0.481 e. The summed E-state index contributed by atoms with van der Waals surface area (Å²) in [5.74, 6) is -1.48. The van der Waals surface area contributed by atoms with Gasteiger partial charge in [-0.05, 0) is 12.8 Å². The van der Waals surface area contributed by atoms with Gasteiger partial charge in [0, 0.05) is 25.0 Å². The maximum Gasteiger partial charge on any atom is 0.312 e. The zero-order chi connectivity index (χ0) is 13.7. The highest BCUT2D eigenvalue weighted by Crippen LogP contribution is 2.12. The Labute approximate surface area is 106 Å². The van der Waals surface area contributed by atoms with E-state index in [-0.39, 0.29) is 23.8 Å². The van der Waals surface area contributed by atoms with Crippen molar-refractivity contribution in [2.45, 2.75) is 39.2 Å². The van der Waals surface area contributed by atoms with Crippen molar-refractivity contribution in [2.24, 2.45) is 5.92 Å². The van der Waals surface area contributed by atoms with Crippen molar-refractivity contribution in [1.29, 1.82) is 0 Å².